The highest BCUT2D eigenvalue weighted by Gasteiger charge is 2.43. The predicted octanol–water partition coefficient (Wildman–Crippen LogP) is 4.22. The van der Waals surface area contributed by atoms with E-state index in [1.54, 1.807) is 18.2 Å². The second kappa shape index (κ2) is 6.58. The summed E-state index contributed by atoms with van der Waals surface area (Å²) in [5.74, 6) is -2.28. The molecule has 0 aliphatic carbocycles. The van der Waals surface area contributed by atoms with Gasteiger partial charge in [-0.2, -0.15) is 13.2 Å². The molecule has 1 N–H and O–H groups in total. The molecule has 0 saturated heterocycles. The van der Waals surface area contributed by atoms with Crippen molar-refractivity contribution < 1.29 is 27.9 Å². The lowest BCUT2D eigenvalue weighted by Gasteiger charge is -2.27. The topological polar surface area (TPSA) is 57.6 Å². The number of alkyl halides is 3. The number of nitrogens with zero attached hydrogens (tertiary/aromatic N) is 1. The van der Waals surface area contributed by atoms with Crippen molar-refractivity contribution in [2.24, 2.45) is 0 Å². The van der Waals surface area contributed by atoms with E-state index in [0.29, 0.717) is 10.2 Å². The zero-order chi connectivity index (χ0) is 18.2. The first kappa shape index (κ1) is 18.5. The summed E-state index contributed by atoms with van der Waals surface area (Å²) in [5.41, 5.74) is 0.912. The van der Waals surface area contributed by atoms with Crippen LogP contribution in [0.2, 0.25) is 0 Å². The average Bonchev–Trinajstić information content (AvgIpc) is 2.71. The van der Waals surface area contributed by atoms with Gasteiger partial charge in [0.05, 0.1) is 11.6 Å². The van der Waals surface area contributed by atoms with Gasteiger partial charge in [-0.15, -0.1) is 0 Å². The fraction of sp³-hybridized carbons (Fsp3) is 0.375. The lowest BCUT2D eigenvalue weighted by molar-refractivity contribution is -0.136. The monoisotopic (exact) mass is 405 g/mol. The minimum atomic E-state index is -4.43. The van der Waals surface area contributed by atoms with Gasteiger partial charge in [0.15, 0.2) is 11.5 Å². The molecule has 0 spiro atoms. The highest BCUT2D eigenvalue weighted by atomic mass is 79.9. The van der Waals surface area contributed by atoms with Crippen molar-refractivity contribution in [3.05, 3.63) is 39.6 Å². The fourth-order valence-electron chi connectivity index (χ4n) is 2.66. The number of anilines is 1. The van der Waals surface area contributed by atoms with Gasteiger partial charge in [-0.25, -0.2) is 0 Å². The molecule has 1 unspecified atom stereocenters. The molecule has 1 amide bonds. The van der Waals surface area contributed by atoms with Crippen LogP contribution in [-0.2, 0) is 9.59 Å². The third-order valence-electron chi connectivity index (χ3n) is 3.84. The number of hydrogen-bond acceptors (Lipinski definition) is 3. The molecule has 24 heavy (non-hydrogen) atoms. The third-order valence-corrected chi connectivity index (χ3v) is 4.69. The number of carbonyl (C=O) groups excluding carboxylic acids is 2. The van der Waals surface area contributed by atoms with Crippen LogP contribution in [0, 0.1) is 6.92 Å². The summed E-state index contributed by atoms with van der Waals surface area (Å²) in [4.78, 5) is 25.1. The van der Waals surface area contributed by atoms with Gasteiger partial charge in [-0.1, -0.05) is 22.0 Å². The lowest BCUT2D eigenvalue weighted by atomic mass is 9.99. The number of halogens is 4. The molecule has 2 rings (SSSR count). The van der Waals surface area contributed by atoms with E-state index in [4.69, 9.17) is 0 Å². The van der Waals surface area contributed by atoms with Gasteiger partial charge in [0.2, 0.25) is 0 Å². The number of aryl methyl sites for hydroxylation is 1. The first-order chi connectivity index (χ1) is 11.0. The minimum absolute atomic E-state index is 0.277. The highest BCUT2D eigenvalue weighted by molar-refractivity contribution is 9.10. The van der Waals surface area contributed by atoms with Gasteiger partial charge in [0.1, 0.15) is 0 Å². The SMILES string of the molecule is CC(=O)C1=C(O)C(=O)N(c2ccc(C)c(Br)c2)C1CCC(F)(F)F. The Morgan fingerprint density at radius 1 is 1.38 bits per heavy atom. The number of aliphatic hydroxyl groups excluding tert-OH is 1. The number of ketones is 1. The Morgan fingerprint density at radius 2 is 2.00 bits per heavy atom. The second-order valence-electron chi connectivity index (χ2n) is 5.60. The summed E-state index contributed by atoms with van der Waals surface area (Å²) in [6.07, 6.45) is -6.10. The maximum absolute atomic E-state index is 12.6. The van der Waals surface area contributed by atoms with E-state index >= 15 is 0 Å². The molecule has 0 saturated carbocycles. The number of aliphatic hydroxyl groups is 1. The van der Waals surface area contributed by atoms with Gasteiger partial charge >= 0.3 is 6.18 Å². The maximum Gasteiger partial charge on any atom is 0.389 e. The van der Waals surface area contributed by atoms with Crippen molar-refractivity contribution in [1.29, 1.82) is 0 Å². The summed E-state index contributed by atoms with van der Waals surface area (Å²) >= 11 is 3.30. The Bertz CT molecular complexity index is 728. The van der Waals surface area contributed by atoms with Crippen LogP contribution in [0.3, 0.4) is 0 Å². The molecule has 0 fully saturated rings. The molecule has 130 valence electrons. The summed E-state index contributed by atoms with van der Waals surface area (Å²) in [6.45, 7) is 2.94. The summed E-state index contributed by atoms with van der Waals surface area (Å²) in [5, 5.41) is 9.96. The van der Waals surface area contributed by atoms with Crippen molar-refractivity contribution >= 4 is 33.3 Å². The Balaban J connectivity index is 2.46. The van der Waals surface area contributed by atoms with Crippen molar-refractivity contribution in [2.75, 3.05) is 4.90 Å². The number of benzene rings is 1. The van der Waals surface area contributed by atoms with Crippen LogP contribution in [0.15, 0.2) is 34.0 Å². The molecule has 1 heterocycles. The number of rotatable bonds is 4. The van der Waals surface area contributed by atoms with Crippen LogP contribution in [-0.4, -0.2) is 29.0 Å². The Labute approximate surface area is 145 Å². The van der Waals surface area contributed by atoms with E-state index in [-0.39, 0.29) is 5.57 Å². The molecule has 0 aromatic heterocycles. The average molecular weight is 406 g/mol. The van der Waals surface area contributed by atoms with Gasteiger partial charge in [-0.05, 0) is 38.0 Å². The number of carbonyl (C=O) groups is 2. The summed E-state index contributed by atoms with van der Waals surface area (Å²) in [7, 11) is 0. The van der Waals surface area contributed by atoms with Crippen molar-refractivity contribution in [2.45, 2.75) is 38.9 Å². The normalized spacial score (nSPS) is 18.5. The van der Waals surface area contributed by atoms with Crippen molar-refractivity contribution in [3.8, 4) is 0 Å². The standard InChI is InChI=1S/C16H15BrF3NO3/c1-8-3-4-10(7-11(8)17)21-12(5-6-16(18,19)20)13(9(2)22)14(23)15(21)24/h3-4,7,12,23H,5-6H2,1-2H3. The van der Waals surface area contributed by atoms with Gasteiger partial charge in [0, 0.05) is 16.6 Å². The molecule has 0 bridgehead atoms. The Kier molecular flexibility index (Phi) is 5.08. The molecule has 8 heteroatoms. The van der Waals surface area contributed by atoms with E-state index in [2.05, 4.69) is 15.9 Å². The first-order valence-corrected chi connectivity index (χ1v) is 7.92. The molecular weight excluding hydrogens is 391 g/mol. The second-order valence-corrected chi connectivity index (χ2v) is 6.45. The van der Waals surface area contributed by atoms with E-state index in [9.17, 15) is 27.9 Å². The van der Waals surface area contributed by atoms with E-state index in [1.165, 1.54) is 0 Å². The lowest BCUT2D eigenvalue weighted by Crippen LogP contribution is -2.37. The zero-order valence-electron chi connectivity index (χ0n) is 12.9. The number of Topliss-reactive ketones (excluding diaryl/α,β-unsaturated/α-hetero) is 1. The molecular formula is C16H15BrF3NO3. The largest absolute Gasteiger partial charge is 0.503 e. The molecule has 4 nitrogen and oxygen atoms in total. The van der Waals surface area contributed by atoms with Crippen LogP contribution in [0.4, 0.5) is 18.9 Å². The van der Waals surface area contributed by atoms with Gasteiger partial charge in [-0.3, -0.25) is 14.5 Å². The highest BCUT2D eigenvalue weighted by Crippen LogP contribution is 2.36. The number of hydrogen-bond donors (Lipinski definition) is 1. The summed E-state index contributed by atoms with van der Waals surface area (Å²) < 4.78 is 38.5. The third kappa shape index (κ3) is 3.63. The molecule has 1 aromatic rings. The van der Waals surface area contributed by atoms with Crippen LogP contribution in [0.25, 0.3) is 0 Å². The summed E-state index contributed by atoms with van der Waals surface area (Å²) in [6, 6.07) is 3.68. The molecule has 1 atom stereocenters. The molecule has 0 radical (unpaired) electrons. The van der Waals surface area contributed by atoms with Crippen LogP contribution >= 0.6 is 15.9 Å². The van der Waals surface area contributed by atoms with Crippen LogP contribution < -0.4 is 4.90 Å². The van der Waals surface area contributed by atoms with Gasteiger partial charge < -0.3 is 5.11 Å². The van der Waals surface area contributed by atoms with Crippen LogP contribution in [0.5, 0.6) is 0 Å². The van der Waals surface area contributed by atoms with Crippen LogP contribution in [0.1, 0.15) is 25.3 Å². The fourth-order valence-corrected chi connectivity index (χ4v) is 3.03. The van der Waals surface area contributed by atoms with Crippen molar-refractivity contribution in [3.63, 3.8) is 0 Å². The Hall–Kier alpha value is -1.83. The number of amides is 1. The Morgan fingerprint density at radius 3 is 2.50 bits per heavy atom. The first-order valence-electron chi connectivity index (χ1n) is 7.13. The van der Waals surface area contributed by atoms with E-state index in [0.717, 1.165) is 17.4 Å². The van der Waals surface area contributed by atoms with E-state index in [1.807, 2.05) is 6.92 Å². The molecule has 1 aromatic carbocycles. The van der Waals surface area contributed by atoms with Crippen molar-refractivity contribution in [1.82, 2.24) is 0 Å². The molecule has 1 aliphatic rings. The quantitative estimate of drug-likeness (QED) is 0.815. The maximum atomic E-state index is 12.6. The van der Waals surface area contributed by atoms with Gasteiger partial charge in [0.25, 0.3) is 5.91 Å². The predicted molar refractivity (Wildman–Crippen MR) is 85.8 cm³/mol. The van der Waals surface area contributed by atoms with E-state index < -0.39 is 42.5 Å². The molecule has 1 aliphatic heterocycles. The minimum Gasteiger partial charge on any atom is -0.503 e. The zero-order valence-corrected chi connectivity index (χ0v) is 14.5. The smallest absolute Gasteiger partial charge is 0.389 e.